The van der Waals surface area contributed by atoms with Gasteiger partial charge in [-0.2, -0.15) is 0 Å². The Morgan fingerprint density at radius 2 is 1.65 bits per heavy atom. The van der Waals surface area contributed by atoms with E-state index in [2.05, 4.69) is 26.6 Å². The number of furan rings is 1. The highest BCUT2D eigenvalue weighted by atomic mass is 16.3. The van der Waals surface area contributed by atoms with Crippen LogP contribution < -0.4 is 26.6 Å². The van der Waals surface area contributed by atoms with Gasteiger partial charge in [0.2, 0.25) is 29.5 Å². The predicted molar refractivity (Wildman–Crippen MR) is 190 cm³/mol. The minimum atomic E-state index is -1.46. The molecule has 2 fully saturated rings. The number of hydrogen-bond acceptors (Lipinski definition) is 8. The van der Waals surface area contributed by atoms with Gasteiger partial charge in [-0.05, 0) is 62.4 Å². The normalized spacial score (nSPS) is 24.8. The molecule has 52 heavy (non-hydrogen) atoms. The van der Waals surface area contributed by atoms with Crippen LogP contribution in [-0.4, -0.2) is 88.8 Å². The van der Waals surface area contributed by atoms with Crippen molar-refractivity contribution >= 4 is 35.4 Å². The number of amides is 6. The molecule has 0 bridgehead atoms. The predicted octanol–water partition coefficient (Wildman–Crippen LogP) is 1.73. The summed E-state index contributed by atoms with van der Waals surface area (Å²) in [7, 11) is 0. The lowest BCUT2D eigenvalue weighted by Crippen LogP contribution is -2.59. The van der Waals surface area contributed by atoms with Crippen LogP contribution in [0.1, 0.15) is 67.8 Å². The van der Waals surface area contributed by atoms with E-state index < -0.39 is 78.3 Å². The van der Waals surface area contributed by atoms with E-state index >= 15 is 0 Å². The number of carbonyl (C=O) groups excluding carboxylic acids is 6. The van der Waals surface area contributed by atoms with Gasteiger partial charge in [0.1, 0.15) is 35.7 Å². The summed E-state index contributed by atoms with van der Waals surface area (Å²) >= 11 is 0. The SMILES string of the molecule is Cc1ccc(-c2cccc(C(=O)N[C@H]3C[C@H]4C(=O)N[C@@H](C)C(=O)N[C@H](c5ccccc5)CC(=O)N[C@@H](CC(C)C)C(=O)N[C@@H](CO)C(=O)N4C3)c2)o1. The Labute approximate surface area is 302 Å². The van der Waals surface area contributed by atoms with Crippen LogP contribution in [0.25, 0.3) is 11.3 Å². The molecule has 2 aliphatic rings. The van der Waals surface area contributed by atoms with Crippen molar-refractivity contribution in [2.45, 2.75) is 83.2 Å². The van der Waals surface area contributed by atoms with E-state index in [-0.39, 0.29) is 31.7 Å². The first kappa shape index (κ1) is 37.7. The summed E-state index contributed by atoms with van der Waals surface area (Å²) in [4.78, 5) is 82.8. The quantitative estimate of drug-likeness (QED) is 0.213. The molecule has 6 N–H and O–H groups in total. The number of carbonyl (C=O) groups is 6. The van der Waals surface area contributed by atoms with Crippen LogP contribution in [0.4, 0.5) is 0 Å². The topological polar surface area (TPSA) is 199 Å². The molecule has 0 spiro atoms. The number of nitrogens with zero attached hydrogens (tertiary/aromatic N) is 1. The highest BCUT2D eigenvalue weighted by Gasteiger charge is 2.43. The molecule has 2 aliphatic heterocycles. The number of aliphatic hydroxyl groups is 1. The molecular formula is C38H46N6O8. The Morgan fingerprint density at radius 1 is 0.904 bits per heavy atom. The fourth-order valence-electron chi connectivity index (χ4n) is 6.51. The standard InChI is InChI=1S/C38H46N6O8/c1-21(2)15-29-36(49)43-30(20-45)38(51)44-19-27(40-35(48)26-12-8-11-25(16-26)32-14-13-22(3)52-32)17-31(44)37(50)39-23(4)34(47)42-28(18-33(46)41-29)24-9-6-5-7-10-24/h5-14,16,21,23,27-31,45H,15,17-20H2,1-4H3,(H,39,50)(H,40,48)(H,41,46)(H,42,47)(H,43,49)/t23-,27-,28-,29-,30-,31-/m0/s1. The van der Waals surface area contributed by atoms with Crippen LogP contribution in [0.3, 0.4) is 0 Å². The van der Waals surface area contributed by atoms with Crippen LogP contribution in [0, 0.1) is 12.8 Å². The van der Waals surface area contributed by atoms with Gasteiger partial charge in [-0.1, -0.05) is 56.3 Å². The minimum Gasteiger partial charge on any atom is -0.461 e. The van der Waals surface area contributed by atoms with Gasteiger partial charge in [0.05, 0.1) is 19.1 Å². The molecule has 0 aliphatic carbocycles. The van der Waals surface area contributed by atoms with Crippen molar-refractivity contribution < 1.29 is 38.3 Å². The molecule has 1 aromatic heterocycles. The molecule has 6 atom stereocenters. The van der Waals surface area contributed by atoms with Gasteiger partial charge in [-0.25, -0.2) is 0 Å². The highest BCUT2D eigenvalue weighted by molar-refractivity contribution is 5.98. The van der Waals surface area contributed by atoms with Crippen molar-refractivity contribution in [3.8, 4) is 11.3 Å². The summed E-state index contributed by atoms with van der Waals surface area (Å²) in [5, 5.41) is 24.1. The van der Waals surface area contributed by atoms with Gasteiger partial charge in [0.15, 0.2) is 0 Å². The molecule has 3 aromatic rings. The highest BCUT2D eigenvalue weighted by Crippen LogP contribution is 2.25. The van der Waals surface area contributed by atoms with E-state index in [0.29, 0.717) is 22.5 Å². The van der Waals surface area contributed by atoms with Crippen molar-refractivity contribution in [2.24, 2.45) is 5.92 Å². The molecule has 14 heteroatoms. The second kappa shape index (κ2) is 16.7. The summed E-state index contributed by atoms with van der Waals surface area (Å²) in [5.41, 5.74) is 1.67. The van der Waals surface area contributed by atoms with Gasteiger partial charge in [0.25, 0.3) is 5.91 Å². The number of nitrogens with one attached hydrogen (secondary N) is 5. The van der Waals surface area contributed by atoms with Crippen LogP contribution in [0.5, 0.6) is 0 Å². The first-order valence-corrected chi connectivity index (χ1v) is 17.5. The third-order valence-corrected chi connectivity index (χ3v) is 9.19. The Balaban J connectivity index is 1.42. The van der Waals surface area contributed by atoms with Crippen molar-refractivity contribution in [1.82, 2.24) is 31.5 Å². The number of benzene rings is 2. The second-order valence-corrected chi connectivity index (χ2v) is 13.8. The van der Waals surface area contributed by atoms with E-state index in [1.807, 2.05) is 32.9 Å². The first-order chi connectivity index (χ1) is 24.8. The van der Waals surface area contributed by atoms with Crippen molar-refractivity contribution in [2.75, 3.05) is 13.2 Å². The average molecular weight is 715 g/mol. The van der Waals surface area contributed by atoms with E-state index in [1.165, 1.54) is 11.8 Å². The van der Waals surface area contributed by atoms with Crippen molar-refractivity contribution in [3.05, 3.63) is 83.6 Å². The monoisotopic (exact) mass is 714 g/mol. The summed E-state index contributed by atoms with van der Waals surface area (Å²) in [6.45, 7) is 6.15. The van der Waals surface area contributed by atoms with Gasteiger partial charge < -0.3 is 41.0 Å². The molecule has 276 valence electrons. The van der Waals surface area contributed by atoms with Gasteiger partial charge in [0, 0.05) is 23.7 Å². The average Bonchev–Trinajstić information content (AvgIpc) is 3.75. The van der Waals surface area contributed by atoms with Gasteiger partial charge in [-0.15, -0.1) is 0 Å². The molecule has 0 saturated carbocycles. The molecule has 0 unspecified atom stereocenters. The lowest BCUT2D eigenvalue weighted by atomic mass is 10.00. The van der Waals surface area contributed by atoms with E-state index in [9.17, 15) is 33.9 Å². The van der Waals surface area contributed by atoms with Crippen LogP contribution in [0.2, 0.25) is 0 Å². The van der Waals surface area contributed by atoms with E-state index in [1.54, 1.807) is 54.6 Å². The second-order valence-electron chi connectivity index (χ2n) is 13.8. The maximum atomic E-state index is 14.0. The number of rotatable bonds is 7. The summed E-state index contributed by atoms with van der Waals surface area (Å²) in [5.74, 6) is -2.36. The molecule has 2 saturated heterocycles. The van der Waals surface area contributed by atoms with Crippen LogP contribution in [0.15, 0.2) is 71.1 Å². The van der Waals surface area contributed by atoms with Crippen LogP contribution >= 0.6 is 0 Å². The summed E-state index contributed by atoms with van der Waals surface area (Å²) < 4.78 is 5.70. The number of aliphatic hydroxyl groups excluding tert-OH is 1. The number of aryl methyl sites for hydroxylation is 1. The fourth-order valence-corrected chi connectivity index (χ4v) is 6.51. The zero-order valence-electron chi connectivity index (χ0n) is 29.7. The molecule has 2 aromatic carbocycles. The molecule has 14 nitrogen and oxygen atoms in total. The maximum absolute atomic E-state index is 14.0. The molecule has 6 amide bonds. The van der Waals surface area contributed by atoms with Crippen LogP contribution in [-0.2, 0) is 24.0 Å². The Hall–Kier alpha value is -5.50. The fraction of sp³-hybridized carbons (Fsp3) is 0.421. The van der Waals surface area contributed by atoms with E-state index in [0.717, 1.165) is 5.76 Å². The Kier molecular flexibility index (Phi) is 12.1. The zero-order chi connectivity index (χ0) is 37.5. The molecule has 5 rings (SSSR count). The summed E-state index contributed by atoms with van der Waals surface area (Å²) in [6, 6.07) is 13.1. The number of hydrogen-bond donors (Lipinski definition) is 6. The largest absolute Gasteiger partial charge is 0.461 e. The molecule has 0 radical (unpaired) electrons. The minimum absolute atomic E-state index is 0.000507. The molecule has 3 heterocycles. The van der Waals surface area contributed by atoms with Gasteiger partial charge >= 0.3 is 0 Å². The maximum Gasteiger partial charge on any atom is 0.251 e. The smallest absolute Gasteiger partial charge is 0.251 e. The van der Waals surface area contributed by atoms with Gasteiger partial charge in [-0.3, -0.25) is 28.8 Å². The number of fused-ring (bicyclic) bond motifs is 1. The third kappa shape index (κ3) is 9.23. The van der Waals surface area contributed by atoms with Crippen molar-refractivity contribution in [3.63, 3.8) is 0 Å². The molecular weight excluding hydrogens is 668 g/mol. The van der Waals surface area contributed by atoms with E-state index in [4.69, 9.17) is 4.42 Å². The lowest BCUT2D eigenvalue weighted by Gasteiger charge is -2.30. The van der Waals surface area contributed by atoms with Crippen molar-refractivity contribution in [1.29, 1.82) is 0 Å². The first-order valence-electron chi connectivity index (χ1n) is 17.5. The Morgan fingerprint density at radius 3 is 2.33 bits per heavy atom. The lowest BCUT2D eigenvalue weighted by molar-refractivity contribution is -0.143. The third-order valence-electron chi connectivity index (χ3n) is 9.19. The Bertz CT molecular complexity index is 1790. The zero-order valence-corrected chi connectivity index (χ0v) is 29.7. The summed E-state index contributed by atoms with van der Waals surface area (Å²) in [6.07, 6.45) is 0.0227.